The molecule has 1 N–H and O–H groups in total. The van der Waals surface area contributed by atoms with Gasteiger partial charge >= 0.3 is 0 Å². The summed E-state index contributed by atoms with van der Waals surface area (Å²) in [5.41, 5.74) is 2.54. The van der Waals surface area contributed by atoms with E-state index >= 15 is 0 Å². The lowest BCUT2D eigenvalue weighted by Gasteiger charge is -2.20. The summed E-state index contributed by atoms with van der Waals surface area (Å²) in [7, 11) is -1.69. The van der Waals surface area contributed by atoms with Crippen molar-refractivity contribution in [3.8, 4) is 0 Å². The molecule has 0 atom stereocenters. The van der Waals surface area contributed by atoms with Gasteiger partial charge < -0.3 is 10.2 Å². The highest BCUT2D eigenvalue weighted by molar-refractivity contribution is 7.89. The minimum atomic E-state index is -3.46. The average Bonchev–Trinajstić information content (AvgIpc) is 3.70. The fraction of sp³-hybridized carbons (Fsp3) is 0.481. The highest BCUT2D eigenvalue weighted by Gasteiger charge is 2.25. The van der Waals surface area contributed by atoms with E-state index in [0.29, 0.717) is 49.0 Å². The molecule has 1 aliphatic carbocycles. The zero-order chi connectivity index (χ0) is 24.8. The summed E-state index contributed by atoms with van der Waals surface area (Å²) < 4.78 is 27.5. The van der Waals surface area contributed by atoms with E-state index in [1.807, 2.05) is 24.3 Å². The molecule has 35 heavy (non-hydrogen) atoms. The molecule has 0 radical (unpaired) electrons. The van der Waals surface area contributed by atoms with Crippen molar-refractivity contribution in [1.82, 2.24) is 14.5 Å². The van der Waals surface area contributed by atoms with Crippen LogP contribution in [0.25, 0.3) is 0 Å². The number of sulfonamides is 1. The second-order valence-electron chi connectivity index (χ2n) is 9.66. The Hall–Kier alpha value is -2.71. The maximum atomic E-state index is 12.9. The number of hydrogen-bond acceptors (Lipinski definition) is 4. The van der Waals surface area contributed by atoms with Crippen LogP contribution in [0, 0.1) is 0 Å². The van der Waals surface area contributed by atoms with Crippen LogP contribution in [-0.2, 0) is 27.8 Å². The molecule has 0 spiro atoms. The van der Waals surface area contributed by atoms with E-state index in [1.54, 1.807) is 40.5 Å². The number of carbonyl (C=O) groups is 2. The Balaban J connectivity index is 1.26. The highest BCUT2D eigenvalue weighted by atomic mass is 32.2. The largest absolute Gasteiger partial charge is 0.349 e. The van der Waals surface area contributed by atoms with E-state index in [4.69, 9.17) is 0 Å². The Morgan fingerprint density at radius 1 is 0.914 bits per heavy atom. The zero-order valence-corrected chi connectivity index (χ0v) is 21.2. The summed E-state index contributed by atoms with van der Waals surface area (Å²) in [6.07, 6.45) is 6.98. The number of rotatable bonds is 9. The van der Waals surface area contributed by atoms with Crippen molar-refractivity contribution in [3.05, 3.63) is 65.2 Å². The van der Waals surface area contributed by atoms with Gasteiger partial charge in [0.05, 0.1) is 4.90 Å². The lowest BCUT2D eigenvalue weighted by atomic mass is 10.1. The van der Waals surface area contributed by atoms with Crippen molar-refractivity contribution in [2.45, 2.75) is 68.8 Å². The molecule has 2 aromatic rings. The third kappa shape index (κ3) is 6.92. The monoisotopic (exact) mass is 497 g/mol. The highest BCUT2D eigenvalue weighted by Crippen LogP contribution is 2.21. The topological polar surface area (TPSA) is 86.8 Å². The van der Waals surface area contributed by atoms with Crippen molar-refractivity contribution < 1.29 is 18.0 Å². The van der Waals surface area contributed by atoms with Gasteiger partial charge in [0, 0.05) is 44.7 Å². The molecule has 4 rings (SSSR count). The van der Waals surface area contributed by atoms with Crippen LogP contribution in [0.15, 0.2) is 53.4 Å². The van der Waals surface area contributed by atoms with Crippen LogP contribution < -0.4 is 5.32 Å². The van der Waals surface area contributed by atoms with Crippen LogP contribution in [0.2, 0.25) is 0 Å². The first-order chi connectivity index (χ1) is 16.8. The second kappa shape index (κ2) is 11.4. The van der Waals surface area contributed by atoms with Crippen molar-refractivity contribution in [2.75, 3.05) is 20.1 Å². The Morgan fingerprint density at radius 2 is 1.51 bits per heavy atom. The minimum Gasteiger partial charge on any atom is -0.349 e. The smallest absolute Gasteiger partial charge is 0.251 e. The van der Waals surface area contributed by atoms with Crippen molar-refractivity contribution in [3.63, 3.8) is 0 Å². The van der Waals surface area contributed by atoms with Crippen LogP contribution in [0.5, 0.6) is 0 Å². The molecule has 2 fully saturated rings. The van der Waals surface area contributed by atoms with Crippen LogP contribution in [0.3, 0.4) is 0 Å². The molecule has 0 bridgehead atoms. The summed E-state index contributed by atoms with van der Waals surface area (Å²) >= 11 is 0. The maximum Gasteiger partial charge on any atom is 0.251 e. The number of aryl methyl sites for hydroxylation is 1. The van der Waals surface area contributed by atoms with E-state index in [2.05, 4.69) is 5.32 Å². The molecule has 1 aliphatic heterocycles. The predicted molar refractivity (Wildman–Crippen MR) is 135 cm³/mol. The summed E-state index contributed by atoms with van der Waals surface area (Å²) in [6, 6.07) is 14.6. The minimum absolute atomic E-state index is 0.0156. The van der Waals surface area contributed by atoms with Gasteiger partial charge in [-0.1, -0.05) is 37.1 Å². The van der Waals surface area contributed by atoms with Gasteiger partial charge in [-0.15, -0.1) is 0 Å². The normalized spacial score (nSPS) is 16.9. The molecule has 8 heteroatoms. The van der Waals surface area contributed by atoms with Crippen LogP contribution in [0.4, 0.5) is 0 Å². The Bertz CT molecular complexity index is 1120. The summed E-state index contributed by atoms with van der Waals surface area (Å²) in [6.45, 7) is 1.64. The van der Waals surface area contributed by atoms with Crippen LogP contribution >= 0.6 is 0 Å². The zero-order valence-electron chi connectivity index (χ0n) is 20.4. The number of hydrogen-bond donors (Lipinski definition) is 1. The first kappa shape index (κ1) is 25.4. The SMILES string of the molecule is CN(Cc1ccc(C(=O)NC2CC2)cc1)C(=O)CCc1ccc(S(=O)(=O)N2CCCCCC2)cc1. The van der Waals surface area contributed by atoms with E-state index in [0.717, 1.165) is 49.7 Å². The van der Waals surface area contributed by atoms with E-state index in [-0.39, 0.29) is 11.8 Å². The van der Waals surface area contributed by atoms with Crippen LogP contribution in [0.1, 0.15) is 66.4 Å². The Kier molecular flexibility index (Phi) is 8.23. The average molecular weight is 498 g/mol. The third-order valence-corrected chi connectivity index (χ3v) is 8.64. The molecular formula is C27H35N3O4S. The van der Waals surface area contributed by atoms with Crippen molar-refractivity contribution in [1.29, 1.82) is 0 Å². The quantitative estimate of drug-likeness (QED) is 0.572. The summed E-state index contributed by atoms with van der Waals surface area (Å²) in [5, 5.41) is 2.97. The van der Waals surface area contributed by atoms with E-state index < -0.39 is 10.0 Å². The van der Waals surface area contributed by atoms with Crippen molar-refractivity contribution in [2.24, 2.45) is 0 Å². The molecule has 0 unspecified atom stereocenters. The third-order valence-electron chi connectivity index (χ3n) is 6.73. The molecule has 1 saturated heterocycles. The Morgan fingerprint density at radius 3 is 2.11 bits per heavy atom. The molecule has 7 nitrogen and oxygen atoms in total. The summed E-state index contributed by atoms with van der Waals surface area (Å²) in [4.78, 5) is 26.8. The lowest BCUT2D eigenvalue weighted by Crippen LogP contribution is -2.31. The molecular weight excluding hydrogens is 462 g/mol. The van der Waals surface area contributed by atoms with Gasteiger partial charge in [-0.25, -0.2) is 8.42 Å². The van der Waals surface area contributed by atoms with Gasteiger partial charge in [-0.05, 0) is 67.5 Å². The molecule has 2 amide bonds. The fourth-order valence-electron chi connectivity index (χ4n) is 4.32. The number of benzene rings is 2. The van der Waals surface area contributed by atoms with E-state index in [9.17, 15) is 18.0 Å². The molecule has 188 valence electrons. The Labute approximate surface area is 208 Å². The van der Waals surface area contributed by atoms with Gasteiger partial charge in [-0.2, -0.15) is 4.31 Å². The van der Waals surface area contributed by atoms with Gasteiger partial charge in [0.25, 0.3) is 5.91 Å². The van der Waals surface area contributed by atoms with Gasteiger partial charge in [0.1, 0.15) is 0 Å². The first-order valence-corrected chi connectivity index (χ1v) is 14.0. The molecule has 1 saturated carbocycles. The predicted octanol–water partition coefficient (Wildman–Crippen LogP) is 3.73. The lowest BCUT2D eigenvalue weighted by molar-refractivity contribution is -0.130. The molecule has 0 aromatic heterocycles. The molecule has 2 aromatic carbocycles. The molecule has 1 heterocycles. The van der Waals surface area contributed by atoms with Crippen molar-refractivity contribution >= 4 is 21.8 Å². The van der Waals surface area contributed by atoms with E-state index in [1.165, 1.54) is 0 Å². The van der Waals surface area contributed by atoms with Gasteiger partial charge in [0.15, 0.2) is 0 Å². The van der Waals surface area contributed by atoms with Crippen LogP contribution in [-0.4, -0.2) is 55.6 Å². The molecule has 2 aliphatic rings. The standard InChI is InChI=1S/C27H35N3O4S/c1-29(20-22-6-11-23(12-7-22)27(32)28-24-13-14-24)26(31)17-10-21-8-15-25(16-9-21)35(33,34)30-18-4-2-3-5-19-30/h6-9,11-12,15-16,24H,2-5,10,13-14,17-20H2,1H3,(H,28,32). The number of nitrogens with one attached hydrogen (secondary N) is 1. The number of nitrogens with zero attached hydrogens (tertiary/aromatic N) is 2. The van der Waals surface area contributed by atoms with Gasteiger partial charge in [0.2, 0.25) is 15.9 Å². The number of amides is 2. The fourth-order valence-corrected chi connectivity index (χ4v) is 5.84. The van der Waals surface area contributed by atoms with Gasteiger partial charge in [-0.3, -0.25) is 9.59 Å². The maximum absolute atomic E-state index is 12.9. The summed E-state index contributed by atoms with van der Waals surface area (Å²) in [5.74, 6) is -0.0319. The first-order valence-electron chi connectivity index (χ1n) is 12.6. The second-order valence-corrected chi connectivity index (χ2v) is 11.6. The number of carbonyl (C=O) groups excluding carboxylic acids is 2.